The van der Waals surface area contributed by atoms with E-state index in [4.69, 9.17) is 9.47 Å². The second kappa shape index (κ2) is 4.19. The third kappa shape index (κ3) is 1.54. The lowest BCUT2D eigenvalue weighted by molar-refractivity contribution is 0.0878. The molecule has 0 saturated carbocycles. The van der Waals surface area contributed by atoms with E-state index in [-0.39, 0.29) is 11.3 Å². The molecule has 20 heavy (non-hydrogen) atoms. The van der Waals surface area contributed by atoms with E-state index in [1.54, 1.807) is 19.1 Å². The maximum Gasteiger partial charge on any atom is 0.277 e. The quantitative estimate of drug-likeness (QED) is 0.837. The maximum absolute atomic E-state index is 11.9. The highest BCUT2D eigenvalue weighted by Crippen LogP contribution is 2.36. The van der Waals surface area contributed by atoms with Crippen molar-refractivity contribution >= 4 is 22.6 Å². The van der Waals surface area contributed by atoms with Crippen LogP contribution in [0, 0.1) is 6.92 Å². The number of rotatable bonds is 2. The molecule has 3 rings (SSSR count). The number of fused-ring (bicyclic) bond motifs is 3. The number of carbonyl (C=O) groups excluding carboxylic acids is 2. The van der Waals surface area contributed by atoms with Crippen LogP contribution in [0.4, 0.5) is 0 Å². The van der Waals surface area contributed by atoms with Crippen LogP contribution in [0.15, 0.2) is 12.1 Å². The number of pyridine rings is 1. The van der Waals surface area contributed by atoms with E-state index in [2.05, 4.69) is 10.3 Å². The zero-order valence-corrected chi connectivity index (χ0v) is 11.2. The molecule has 0 saturated heterocycles. The minimum atomic E-state index is -0.468. The van der Waals surface area contributed by atoms with Crippen molar-refractivity contribution < 1.29 is 19.1 Å². The summed E-state index contributed by atoms with van der Waals surface area (Å²) in [5.74, 6) is 0.147. The summed E-state index contributed by atoms with van der Waals surface area (Å²) < 4.78 is 10.5. The van der Waals surface area contributed by atoms with Crippen LogP contribution in [0.3, 0.4) is 0 Å². The molecule has 1 aliphatic rings. The van der Waals surface area contributed by atoms with E-state index in [1.165, 1.54) is 14.2 Å². The van der Waals surface area contributed by atoms with Gasteiger partial charge in [-0.05, 0) is 19.1 Å². The summed E-state index contributed by atoms with van der Waals surface area (Å²) >= 11 is 0. The van der Waals surface area contributed by atoms with Gasteiger partial charge in [0.25, 0.3) is 11.8 Å². The number of aryl methyl sites for hydroxylation is 1. The van der Waals surface area contributed by atoms with Gasteiger partial charge in [0, 0.05) is 16.5 Å². The van der Waals surface area contributed by atoms with Gasteiger partial charge in [0.1, 0.15) is 5.69 Å². The van der Waals surface area contributed by atoms with Crippen molar-refractivity contribution in [1.29, 1.82) is 0 Å². The highest BCUT2D eigenvalue weighted by molar-refractivity contribution is 6.26. The molecule has 0 atom stereocenters. The summed E-state index contributed by atoms with van der Waals surface area (Å²) in [4.78, 5) is 27.8. The molecule has 0 aliphatic carbocycles. The first-order valence-corrected chi connectivity index (χ1v) is 5.98. The van der Waals surface area contributed by atoms with Gasteiger partial charge in [-0.25, -0.2) is 4.98 Å². The number of hydrogen-bond donors (Lipinski definition) is 1. The second-order valence-electron chi connectivity index (χ2n) is 4.46. The number of methoxy groups -OCH3 is 2. The Morgan fingerprint density at radius 1 is 1.00 bits per heavy atom. The number of benzene rings is 1. The van der Waals surface area contributed by atoms with E-state index >= 15 is 0 Å². The Morgan fingerprint density at radius 2 is 1.60 bits per heavy atom. The molecule has 0 bridgehead atoms. The second-order valence-corrected chi connectivity index (χ2v) is 4.46. The van der Waals surface area contributed by atoms with Crippen LogP contribution in [-0.4, -0.2) is 31.0 Å². The van der Waals surface area contributed by atoms with Crippen molar-refractivity contribution in [3.05, 3.63) is 29.1 Å². The monoisotopic (exact) mass is 272 g/mol. The van der Waals surface area contributed by atoms with Crippen LogP contribution in [0.25, 0.3) is 10.8 Å². The summed E-state index contributed by atoms with van der Waals surface area (Å²) in [5.41, 5.74) is 1.10. The van der Waals surface area contributed by atoms with Crippen LogP contribution in [0.5, 0.6) is 11.5 Å². The van der Waals surface area contributed by atoms with Gasteiger partial charge < -0.3 is 9.47 Å². The number of aromatic nitrogens is 1. The van der Waals surface area contributed by atoms with Gasteiger partial charge in [-0.15, -0.1) is 0 Å². The first-order valence-electron chi connectivity index (χ1n) is 5.98. The van der Waals surface area contributed by atoms with Gasteiger partial charge in [-0.3, -0.25) is 14.9 Å². The van der Waals surface area contributed by atoms with Crippen molar-refractivity contribution in [2.24, 2.45) is 0 Å². The van der Waals surface area contributed by atoms with Crippen molar-refractivity contribution in [2.45, 2.75) is 6.92 Å². The topological polar surface area (TPSA) is 77.5 Å². The van der Waals surface area contributed by atoms with Gasteiger partial charge in [0.15, 0.2) is 11.5 Å². The van der Waals surface area contributed by atoms with E-state index in [0.717, 1.165) is 5.39 Å². The molecule has 1 aromatic carbocycles. The Bertz CT molecular complexity index is 768. The highest BCUT2D eigenvalue weighted by atomic mass is 16.5. The predicted octanol–water partition coefficient (Wildman–Crippen LogP) is 1.44. The molecule has 1 N–H and O–H groups in total. The molecule has 0 spiro atoms. The fourth-order valence-electron chi connectivity index (χ4n) is 2.42. The molecular weight excluding hydrogens is 260 g/mol. The summed E-state index contributed by atoms with van der Waals surface area (Å²) in [7, 11) is 3.05. The van der Waals surface area contributed by atoms with Crippen LogP contribution < -0.4 is 14.8 Å². The smallest absolute Gasteiger partial charge is 0.277 e. The van der Waals surface area contributed by atoms with Gasteiger partial charge in [0.05, 0.1) is 19.8 Å². The molecule has 2 aromatic rings. The third-order valence-corrected chi connectivity index (χ3v) is 3.37. The van der Waals surface area contributed by atoms with Crippen molar-refractivity contribution in [2.75, 3.05) is 14.2 Å². The predicted molar refractivity (Wildman–Crippen MR) is 71.4 cm³/mol. The molecule has 0 fully saturated rings. The first-order chi connectivity index (χ1) is 9.56. The molecular formula is C14H12N2O4. The lowest BCUT2D eigenvalue weighted by Crippen LogP contribution is -2.20. The number of ether oxygens (including phenoxy) is 2. The standard InChI is InChI=1S/C14H12N2O4/c1-6-7-4-9(19-2)10(20-3)5-8(7)11-12(15-6)14(18)16-13(11)17/h4-5H,1-3H3,(H,16,17,18). The van der Waals surface area contributed by atoms with E-state index in [0.29, 0.717) is 22.6 Å². The van der Waals surface area contributed by atoms with Crippen molar-refractivity contribution in [3.63, 3.8) is 0 Å². The number of hydrogen-bond acceptors (Lipinski definition) is 5. The number of amides is 2. The van der Waals surface area contributed by atoms with Crippen LogP contribution in [-0.2, 0) is 0 Å². The molecule has 6 nitrogen and oxygen atoms in total. The lowest BCUT2D eigenvalue weighted by atomic mass is 10.0. The average Bonchev–Trinajstić information content (AvgIpc) is 2.72. The lowest BCUT2D eigenvalue weighted by Gasteiger charge is -2.11. The van der Waals surface area contributed by atoms with Gasteiger partial charge in [-0.1, -0.05) is 0 Å². The fraction of sp³-hybridized carbons (Fsp3) is 0.214. The first kappa shape index (κ1) is 12.4. The van der Waals surface area contributed by atoms with Crippen LogP contribution in [0.2, 0.25) is 0 Å². The van der Waals surface area contributed by atoms with Crippen LogP contribution in [0.1, 0.15) is 26.5 Å². The van der Waals surface area contributed by atoms with E-state index < -0.39 is 11.8 Å². The number of nitrogens with one attached hydrogen (secondary N) is 1. The Labute approximate surface area is 114 Å². The highest BCUT2D eigenvalue weighted by Gasteiger charge is 2.31. The molecule has 2 heterocycles. The molecule has 6 heteroatoms. The number of imide groups is 1. The average molecular weight is 272 g/mol. The van der Waals surface area contributed by atoms with Gasteiger partial charge >= 0.3 is 0 Å². The normalized spacial score (nSPS) is 13.3. The zero-order valence-electron chi connectivity index (χ0n) is 11.2. The minimum absolute atomic E-state index is 0.159. The minimum Gasteiger partial charge on any atom is -0.493 e. The Balaban J connectivity index is 2.45. The summed E-state index contributed by atoms with van der Waals surface area (Å²) in [6.07, 6.45) is 0. The summed E-state index contributed by atoms with van der Waals surface area (Å²) in [5, 5.41) is 3.64. The number of nitrogens with zero attached hydrogens (tertiary/aromatic N) is 1. The molecule has 102 valence electrons. The Hall–Kier alpha value is -2.63. The van der Waals surface area contributed by atoms with Crippen molar-refractivity contribution in [3.8, 4) is 11.5 Å². The molecule has 0 unspecified atom stereocenters. The summed E-state index contributed by atoms with van der Waals surface area (Å²) in [6.45, 7) is 1.78. The van der Waals surface area contributed by atoms with Gasteiger partial charge in [-0.2, -0.15) is 0 Å². The van der Waals surface area contributed by atoms with E-state index in [1.807, 2.05) is 0 Å². The molecule has 0 radical (unpaired) electrons. The molecule has 1 aliphatic heterocycles. The largest absolute Gasteiger partial charge is 0.493 e. The summed E-state index contributed by atoms with van der Waals surface area (Å²) in [6, 6.07) is 3.45. The van der Waals surface area contributed by atoms with Gasteiger partial charge in [0.2, 0.25) is 0 Å². The number of carbonyl (C=O) groups is 2. The maximum atomic E-state index is 11.9. The molecule has 1 aromatic heterocycles. The zero-order chi connectivity index (χ0) is 14.4. The Morgan fingerprint density at radius 3 is 2.20 bits per heavy atom. The molecule has 2 amide bonds. The SMILES string of the molecule is COc1cc2c(C)nc3c(c2cc1OC)C(=O)NC3=O. The van der Waals surface area contributed by atoms with Crippen LogP contribution >= 0.6 is 0 Å². The van der Waals surface area contributed by atoms with Crippen molar-refractivity contribution in [1.82, 2.24) is 10.3 Å². The van der Waals surface area contributed by atoms with E-state index in [9.17, 15) is 9.59 Å². The fourth-order valence-corrected chi connectivity index (χ4v) is 2.42. The third-order valence-electron chi connectivity index (χ3n) is 3.37. The Kier molecular flexibility index (Phi) is 2.60.